The van der Waals surface area contributed by atoms with Crippen molar-refractivity contribution >= 4 is 18.3 Å². The molecule has 2 fully saturated rings. The molecule has 2 aliphatic rings. The molecule has 4 rings (SSSR count). The number of ether oxygens (including phenoxy) is 1. The molecule has 1 N–H and O–H groups in total. The van der Waals surface area contributed by atoms with E-state index in [2.05, 4.69) is 23.1 Å². The van der Waals surface area contributed by atoms with E-state index in [0.29, 0.717) is 12.0 Å². The molecular formula is C25H27FN2O3. The molecule has 6 heteroatoms. The summed E-state index contributed by atoms with van der Waals surface area (Å²) in [7, 11) is 0. The van der Waals surface area contributed by atoms with Crippen LogP contribution in [0.1, 0.15) is 32.4 Å². The van der Waals surface area contributed by atoms with Gasteiger partial charge in [0.15, 0.2) is 0 Å². The summed E-state index contributed by atoms with van der Waals surface area (Å²) in [6.07, 6.45) is 8.71. The maximum absolute atomic E-state index is 14.0. The lowest BCUT2D eigenvalue weighted by Crippen LogP contribution is -2.41. The quantitative estimate of drug-likeness (QED) is 0.311. The second-order valence-electron chi connectivity index (χ2n) is 8.45. The molecule has 1 aromatic heterocycles. The minimum atomic E-state index is -0.275. The predicted octanol–water partition coefficient (Wildman–Crippen LogP) is 5.20. The van der Waals surface area contributed by atoms with Gasteiger partial charge in [-0.05, 0) is 43.4 Å². The molecule has 1 aliphatic heterocycles. The van der Waals surface area contributed by atoms with Gasteiger partial charge in [0.1, 0.15) is 11.9 Å². The second-order valence-corrected chi connectivity index (χ2v) is 8.45. The van der Waals surface area contributed by atoms with Crippen LogP contribution in [0.3, 0.4) is 0 Å². The smallest absolute Gasteiger partial charge is 0.309 e. The number of hydrogen-bond acceptors (Lipinski definition) is 5. The number of nitrogens with zero attached hydrogens (tertiary/aromatic N) is 2. The number of halogens is 1. The van der Waals surface area contributed by atoms with Crippen molar-refractivity contribution in [2.45, 2.75) is 32.8 Å². The third kappa shape index (κ3) is 4.11. The molecule has 5 nitrogen and oxygen atoms in total. The molecule has 31 heavy (non-hydrogen) atoms. The molecule has 1 aliphatic carbocycles. The van der Waals surface area contributed by atoms with E-state index in [9.17, 15) is 9.18 Å². The summed E-state index contributed by atoms with van der Waals surface area (Å²) in [6, 6.07) is 10.4. The van der Waals surface area contributed by atoms with Crippen molar-refractivity contribution in [1.82, 2.24) is 4.98 Å². The highest BCUT2D eigenvalue weighted by Crippen LogP contribution is 2.49. The van der Waals surface area contributed by atoms with Crippen LogP contribution in [0.5, 0.6) is 0 Å². The highest BCUT2D eigenvalue weighted by Gasteiger charge is 2.52. The molecule has 0 amide bonds. The first-order chi connectivity index (χ1) is 15.0. The minimum Gasteiger partial charge on any atom is -0.462 e. The van der Waals surface area contributed by atoms with Crippen molar-refractivity contribution in [2.75, 3.05) is 0 Å². The summed E-state index contributed by atoms with van der Waals surface area (Å²) in [4.78, 5) is 16.9. The van der Waals surface area contributed by atoms with Crippen molar-refractivity contribution in [1.29, 1.82) is 0 Å². The van der Waals surface area contributed by atoms with Gasteiger partial charge >= 0.3 is 5.97 Å². The number of fused-ring (bicyclic) bond motifs is 1. The summed E-state index contributed by atoms with van der Waals surface area (Å²) < 4.78 is 19.6. The molecule has 2 heterocycles. The lowest BCUT2D eigenvalue weighted by molar-refractivity contribution is -0.144. The van der Waals surface area contributed by atoms with Crippen LogP contribution in [0.15, 0.2) is 53.8 Å². The van der Waals surface area contributed by atoms with Gasteiger partial charge in [0.2, 0.25) is 0 Å². The second kappa shape index (κ2) is 9.00. The minimum absolute atomic E-state index is 0.0140. The highest BCUT2D eigenvalue weighted by atomic mass is 19.1. The van der Waals surface area contributed by atoms with Crippen molar-refractivity contribution < 1.29 is 19.1 Å². The zero-order valence-corrected chi connectivity index (χ0v) is 17.7. The van der Waals surface area contributed by atoms with Crippen LogP contribution in [0.4, 0.5) is 4.39 Å². The van der Waals surface area contributed by atoms with E-state index in [1.54, 1.807) is 30.6 Å². The topological polar surface area (TPSA) is 71.8 Å². The fraction of sp³-hybridized carbons (Fsp3) is 0.400. The molecular weight excluding hydrogens is 395 g/mol. The number of carbonyl (C=O) groups excluding carboxylic acids is 1. The Kier molecular flexibility index (Phi) is 6.16. The molecule has 1 saturated carbocycles. The van der Waals surface area contributed by atoms with E-state index in [-0.39, 0.29) is 47.5 Å². The van der Waals surface area contributed by atoms with Crippen LogP contribution in [0, 0.1) is 35.4 Å². The average molecular weight is 423 g/mol. The number of pyridine rings is 1. The zero-order valence-electron chi connectivity index (χ0n) is 17.7. The molecule has 5 unspecified atom stereocenters. The summed E-state index contributed by atoms with van der Waals surface area (Å²) >= 11 is 0. The lowest BCUT2D eigenvalue weighted by atomic mass is 9.60. The fourth-order valence-corrected chi connectivity index (χ4v) is 5.38. The first-order valence-corrected chi connectivity index (χ1v) is 10.8. The lowest BCUT2D eigenvalue weighted by Gasteiger charge is -2.41. The number of cyclic esters (lactones) is 1. The average Bonchev–Trinajstić information content (AvgIpc) is 3.06. The zero-order chi connectivity index (χ0) is 22.0. The number of hydrogen-bond donors (Lipinski definition) is 1. The van der Waals surface area contributed by atoms with E-state index in [0.717, 1.165) is 17.7 Å². The Morgan fingerprint density at radius 1 is 1.29 bits per heavy atom. The van der Waals surface area contributed by atoms with Gasteiger partial charge < -0.3 is 9.94 Å². The van der Waals surface area contributed by atoms with Gasteiger partial charge in [0, 0.05) is 35.4 Å². The number of oxime groups is 1. The van der Waals surface area contributed by atoms with Gasteiger partial charge in [-0.3, -0.25) is 9.78 Å². The molecule has 0 bridgehead atoms. The number of rotatable bonds is 5. The monoisotopic (exact) mass is 422 g/mol. The third-order valence-corrected chi connectivity index (χ3v) is 6.82. The van der Waals surface area contributed by atoms with Crippen LogP contribution < -0.4 is 0 Å². The summed E-state index contributed by atoms with van der Waals surface area (Å²) in [5, 5.41) is 12.4. The molecule has 2 aromatic rings. The van der Waals surface area contributed by atoms with Gasteiger partial charge in [-0.25, -0.2) is 4.39 Å². The van der Waals surface area contributed by atoms with Gasteiger partial charge in [0.25, 0.3) is 0 Å². The normalized spacial score (nSPS) is 30.6. The van der Waals surface area contributed by atoms with Crippen molar-refractivity contribution in [3.8, 4) is 11.1 Å². The molecule has 0 spiro atoms. The van der Waals surface area contributed by atoms with Gasteiger partial charge in [-0.15, -0.1) is 5.16 Å². The van der Waals surface area contributed by atoms with Crippen LogP contribution in [-0.4, -0.2) is 28.5 Å². The SMILES string of the molecule is CCC1C(/C=N/O)CC2C(=O)O[C@H](C)C2C1/C=C/c1ccc(-c2ccccc2F)cn1. The van der Waals surface area contributed by atoms with Gasteiger partial charge in [-0.2, -0.15) is 0 Å². The Morgan fingerprint density at radius 3 is 2.77 bits per heavy atom. The maximum atomic E-state index is 14.0. The molecule has 0 radical (unpaired) electrons. The van der Waals surface area contributed by atoms with Crippen LogP contribution >= 0.6 is 0 Å². The van der Waals surface area contributed by atoms with E-state index in [1.165, 1.54) is 6.07 Å². The number of esters is 1. The van der Waals surface area contributed by atoms with E-state index >= 15 is 0 Å². The summed E-state index contributed by atoms with van der Waals surface area (Å²) in [6.45, 7) is 4.08. The number of benzene rings is 1. The highest BCUT2D eigenvalue weighted by molar-refractivity contribution is 5.77. The van der Waals surface area contributed by atoms with E-state index in [1.807, 2.05) is 25.1 Å². The van der Waals surface area contributed by atoms with Crippen molar-refractivity contribution in [3.63, 3.8) is 0 Å². The number of carbonyl (C=O) groups is 1. The summed E-state index contributed by atoms with van der Waals surface area (Å²) in [5.41, 5.74) is 2.01. The Balaban J connectivity index is 1.60. The Labute approximate surface area is 181 Å². The van der Waals surface area contributed by atoms with E-state index < -0.39 is 0 Å². The first kappa shape index (κ1) is 21.2. The van der Waals surface area contributed by atoms with Gasteiger partial charge in [-0.1, -0.05) is 43.7 Å². The first-order valence-electron chi connectivity index (χ1n) is 10.8. The summed E-state index contributed by atoms with van der Waals surface area (Å²) in [5.74, 6) is -0.178. The molecule has 162 valence electrons. The van der Waals surface area contributed by atoms with Gasteiger partial charge in [0.05, 0.1) is 11.6 Å². The standard InChI is InChI=1S/C25H27FN2O3/c1-3-19-17(14-28-30)12-22-24(15(2)31-25(22)29)21(19)11-10-18-9-8-16(13-27-18)20-6-4-5-7-23(20)26/h4-11,13-15,17,19,21-22,24,30H,3,12H2,1-2H3/b11-10+,28-14+/t15-,17?,19?,21?,22?,24?/m1/s1. The Hall–Kier alpha value is -3.02. The third-order valence-electron chi connectivity index (χ3n) is 6.82. The Morgan fingerprint density at radius 2 is 2.10 bits per heavy atom. The van der Waals surface area contributed by atoms with Crippen molar-refractivity contribution in [2.24, 2.45) is 34.7 Å². The van der Waals surface area contributed by atoms with Crippen LogP contribution in [0.2, 0.25) is 0 Å². The van der Waals surface area contributed by atoms with E-state index in [4.69, 9.17) is 9.94 Å². The van der Waals surface area contributed by atoms with Crippen LogP contribution in [0.25, 0.3) is 17.2 Å². The molecule has 1 aromatic carbocycles. The molecule has 6 atom stereocenters. The van der Waals surface area contributed by atoms with Crippen molar-refractivity contribution in [3.05, 3.63) is 60.2 Å². The predicted molar refractivity (Wildman–Crippen MR) is 117 cm³/mol. The Bertz CT molecular complexity index is 989. The number of aromatic nitrogens is 1. The van der Waals surface area contributed by atoms with Crippen LogP contribution in [-0.2, 0) is 9.53 Å². The number of allylic oxidation sites excluding steroid dienone is 1. The molecule has 1 saturated heterocycles. The maximum Gasteiger partial charge on any atom is 0.309 e. The fourth-order valence-electron chi connectivity index (χ4n) is 5.38. The largest absolute Gasteiger partial charge is 0.462 e.